The van der Waals surface area contributed by atoms with Crippen molar-refractivity contribution in [1.29, 1.82) is 0 Å². The molecule has 1 aliphatic rings. The van der Waals surface area contributed by atoms with Gasteiger partial charge in [0.2, 0.25) is 10.0 Å². The molecule has 0 radical (unpaired) electrons. The molecular formula is C13H19NO5S. The van der Waals surface area contributed by atoms with Crippen molar-refractivity contribution in [3.8, 4) is 5.75 Å². The van der Waals surface area contributed by atoms with Gasteiger partial charge in [-0.2, -0.15) is 4.31 Å². The SMILES string of the molecule is CCOc1ccc(S(=O)(=O)N2C[C@@H](O)[C@@H](O)C2)cc1C. The highest BCUT2D eigenvalue weighted by Gasteiger charge is 2.37. The Balaban J connectivity index is 2.29. The average molecular weight is 301 g/mol. The molecule has 1 aromatic carbocycles. The first-order valence-corrected chi connectivity index (χ1v) is 7.90. The van der Waals surface area contributed by atoms with Crippen LogP contribution in [0.1, 0.15) is 12.5 Å². The summed E-state index contributed by atoms with van der Waals surface area (Å²) in [6, 6.07) is 4.64. The summed E-state index contributed by atoms with van der Waals surface area (Å²) in [5, 5.41) is 18.9. The van der Waals surface area contributed by atoms with Crippen molar-refractivity contribution in [2.24, 2.45) is 0 Å². The minimum Gasteiger partial charge on any atom is -0.494 e. The number of benzene rings is 1. The number of aliphatic hydroxyl groups is 2. The zero-order chi connectivity index (χ0) is 14.9. The maximum Gasteiger partial charge on any atom is 0.243 e. The normalized spacial score (nSPS) is 24.0. The van der Waals surface area contributed by atoms with Crippen LogP contribution < -0.4 is 4.74 Å². The van der Waals surface area contributed by atoms with Gasteiger partial charge in [0.25, 0.3) is 0 Å². The maximum atomic E-state index is 12.4. The zero-order valence-electron chi connectivity index (χ0n) is 11.5. The molecule has 0 saturated carbocycles. The lowest BCUT2D eigenvalue weighted by molar-refractivity contribution is 0.0572. The van der Waals surface area contributed by atoms with Crippen LogP contribution in [0.2, 0.25) is 0 Å². The number of aryl methyl sites for hydroxylation is 1. The van der Waals surface area contributed by atoms with Crippen LogP contribution in [0.25, 0.3) is 0 Å². The number of hydrogen-bond acceptors (Lipinski definition) is 5. The van der Waals surface area contributed by atoms with Gasteiger partial charge in [-0.05, 0) is 37.6 Å². The Labute approximate surface area is 118 Å². The molecule has 2 N–H and O–H groups in total. The van der Waals surface area contributed by atoms with Gasteiger partial charge in [-0.1, -0.05) is 0 Å². The second-order valence-electron chi connectivity index (χ2n) is 4.82. The third-order valence-electron chi connectivity index (χ3n) is 3.31. The number of aliphatic hydroxyl groups excluding tert-OH is 2. The number of hydrogen-bond donors (Lipinski definition) is 2. The molecule has 0 bridgehead atoms. The highest BCUT2D eigenvalue weighted by molar-refractivity contribution is 7.89. The Morgan fingerprint density at radius 1 is 1.30 bits per heavy atom. The lowest BCUT2D eigenvalue weighted by atomic mass is 10.2. The minimum atomic E-state index is -3.70. The third-order valence-corrected chi connectivity index (χ3v) is 5.14. The summed E-state index contributed by atoms with van der Waals surface area (Å²) < 4.78 is 31.3. The summed E-state index contributed by atoms with van der Waals surface area (Å²) in [7, 11) is -3.70. The van der Waals surface area contributed by atoms with E-state index in [4.69, 9.17) is 4.74 Å². The van der Waals surface area contributed by atoms with Gasteiger partial charge in [0.05, 0.1) is 23.7 Å². The Bertz CT molecular complexity index is 576. The first kappa shape index (κ1) is 15.2. The first-order valence-electron chi connectivity index (χ1n) is 6.46. The summed E-state index contributed by atoms with van der Waals surface area (Å²) in [6.45, 7) is 3.97. The number of rotatable bonds is 4. The Kier molecular flexibility index (Phi) is 4.33. The number of β-amino-alcohol motifs (C(OH)–C–C–N with tert-alkyl or cyclic N) is 2. The first-order chi connectivity index (χ1) is 9.36. The van der Waals surface area contributed by atoms with Crippen LogP contribution >= 0.6 is 0 Å². The summed E-state index contributed by atoms with van der Waals surface area (Å²) in [6.07, 6.45) is -2.07. The largest absolute Gasteiger partial charge is 0.494 e. The highest BCUT2D eigenvalue weighted by Crippen LogP contribution is 2.26. The molecule has 1 fully saturated rings. The molecule has 2 atom stereocenters. The van der Waals surface area contributed by atoms with Crippen LogP contribution in [0.5, 0.6) is 5.75 Å². The molecule has 1 heterocycles. The second kappa shape index (κ2) is 5.69. The Morgan fingerprint density at radius 2 is 1.90 bits per heavy atom. The maximum absolute atomic E-state index is 12.4. The van der Waals surface area contributed by atoms with Crippen LogP contribution in [0.3, 0.4) is 0 Å². The van der Waals surface area contributed by atoms with Crippen LogP contribution in [-0.2, 0) is 10.0 Å². The molecule has 6 nitrogen and oxygen atoms in total. The number of ether oxygens (including phenoxy) is 1. The molecule has 0 spiro atoms. The highest BCUT2D eigenvalue weighted by atomic mass is 32.2. The van der Waals surface area contributed by atoms with E-state index in [-0.39, 0.29) is 18.0 Å². The number of nitrogens with zero attached hydrogens (tertiary/aromatic N) is 1. The fourth-order valence-corrected chi connectivity index (χ4v) is 3.74. The van der Waals surface area contributed by atoms with Gasteiger partial charge in [0, 0.05) is 13.1 Å². The van der Waals surface area contributed by atoms with E-state index in [0.29, 0.717) is 12.4 Å². The van der Waals surface area contributed by atoms with Crippen LogP contribution in [0.4, 0.5) is 0 Å². The standard InChI is InChI=1S/C13H19NO5S/c1-3-19-13-5-4-10(6-9(13)2)20(17,18)14-7-11(15)12(16)8-14/h4-6,11-12,15-16H,3,7-8H2,1-2H3/t11-,12+. The van der Waals surface area contributed by atoms with Crippen LogP contribution in [0.15, 0.2) is 23.1 Å². The van der Waals surface area contributed by atoms with E-state index in [1.54, 1.807) is 13.0 Å². The zero-order valence-corrected chi connectivity index (χ0v) is 12.3. The van der Waals surface area contributed by atoms with Crippen molar-refractivity contribution in [1.82, 2.24) is 4.31 Å². The Hall–Kier alpha value is -1.15. The van der Waals surface area contributed by atoms with Crippen LogP contribution in [-0.4, -0.2) is 54.8 Å². The van der Waals surface area contributed by atoms with E-state index < -0.39 is 22.2 Å². The fraction of sp³-hybridized carbons (Fsp3) is 0.538. The van der Waals surface area contributed by atoms with Crippen molar-refractivity contribution in [3.63, 3.8) is 0 Å². The monoisotopic (exact) mass is 301 g/mol. The molecule has 1 saturated heterocycles. The van der Waals surface area contributed by atoms with E-state index in [0.717, 1.165) is 9.87 Å². The Morgan fingerprint density at radius 3 is 2.40 bits per heavy atom. The second-order valence-corrected chi connectivity index (χ2v) is 6.75. The molecule has 0 amide bonds. The van der Waals surface area contributed by atoms with Crippen LogP contribution in [0, 0.1) is 6.92 Å². The van der Waals surface area contributed by atoms with Gasteiger partial charge in [0.15, 0.2) is 0 Å². The van der Waals surface area contributed by atoms with E-state index in [1.165, 1.54) is 12.1 Å². The van der Waals surface area contributed by atoms with Crippen molar-refractivity contribution < 1.29 is 23.4 Å². The van der Waals surface area contributed by atoms with Gasteiger partial charge in [-0.15, -0.1) is 0 Å². The smallest absolute Gasteiger partial charge is 0.243 e. The predicted octanol–water partition coefficient (Wildman–Crippen LogP) is 0.120. The predicted molar refractivity (Wildman–Crippen MR) is 73.1 cm³/mol. The fourth-order valence-electron chi connectivity index (χ4n) is 2.18. The van der Waals surface area contributed by atoms with Crippen molar-refractivity contribution in [2.45, 2.75) is 31.0 Å². The summed E-state index contributed by atoms with van der Waals surface area (Å²) in [5.74, 6) is 0.646. The molecular weight excluding hydrogens is 282 g/mol. The molecule has 1 aliphatic heterocycles. The third kappa shape index (κ3) is 2.80. The molecule has 0 aromatic heterocycles. The summed E-state index contributed by atoms with van der Waals surface area (Å²) in [4.78, 5) is 0.139. The van der Waals surface area contributed by atoms with E-state index in [9.17, 15) is 18.6 Å². The summed E-state index contributed by atoms with van der Waals surface area (Å²) >= 11 is 0. The van der Waals surface area contributed by atoms with Gasteiger partial charge in [0.1, 0.15) is 5.75 Å². The molecule has 1 aromatic rings. The minimum absolute atomic E-state index is 0.0875. The van der Waals surface area contributed by atoms with Gasteiger partial charge >= 0.3 is 0 Å². The van der Waals surface area contributed by atoms with Gasteiger partial charge in [-0.25, -0.2) is 8.42 Å². The van der Waals surface area contributed by atoms with Crippen molar-refractivity contribution >= 4 is 10.0 Å². The average Bonchev–Trinajstić information content (AvgIpc) is 2.73. The lowest BCUT2D eigenvalue weighted by Gasteiger charge is -2.16. The lowest BCUT2D eigenvalue weighted by Crippen LogP contribution is -2.30. The molecule has 112 valence electrons. The van der Waals surface area contributed by atoms with Gasteiger partial charge in [-0.3, -0.25) is 0 Å². The van der Waals surface area contributed by atoms with E-state index in [2.05, 4.69) is 0 Å². The topological polar surface area (TPSA) is 87.1 Å². The van der Waals surface area contributed by atoms with Crippen molar-refractivity contribution in [3.05, 3.63) is 23.8 Å². The van der Waals surface area contributed by atoms with E-state index in [1.807, 2.05) is 6.92 Å². The molecule has 0 unspecified atom stereocenters. The summed E-state index contributed by atoms with van der Waals surface area (Å²) in [5.41, 5.74) is 0.730. The molecule has 0 aliphatic carbocycles. The van der Waals surface area contributed by atoms with Gasteiger partial charge < -0.3 is 14.9 Å². The quantitative estimate of drug-likeness (QED) is 0.825. The molecule has 2 rings (SSSR count). The molecule has 20 heavy (non-hydrogen) atoms. The van der Waals surface area contributed by atoms with E-state index >= 15 is 0 Å². The molecule has 7 heteroatoms. The number of sulfonamides is 1. The van der Waals surface area contributed by atoms with Crippen molar-refractivity contribution in [2.75, 3.05) is 19.7 Å².